The van der Waals surface area contributed by atoms with Gasteiger partial charge in [-0.1, -0.05) is 0 Å². The SMILES string of the molecule is Cl.ClCCN(CCCl)CC1CC1. The highest BCUT2D eigenvalue weighted by Gasteiger charge is 2.23. The van der Waals surface area contributed by atoms with Crippen molar-refractivity contribution in [2.75, 3.05) is 31.4 Å². The van der Waals surface area contributed by atoms with Gasteiger partial charge in [-0.15, -0.1) is 35.6 Å². The zero-order valence-corrected chi connectivity index (χ0v) is 9.47. The highest BCUT2D eigenvalue weighted by atomic mass is 35.5. The Morgan fingerprint density at radius 3 is 1.92 bits per heavy atom. The number of halogens is 3. The Kier molecular flexibility index (Phi) is 7.76. The minimum atomic E-state index is 0. The molecule has 0 aromatic carbocycles. The first-order chi connectivity index (χ1) is 5.36. The van der Waals surface area contributed by atoms with Crippen LogP contribution in [0, 0.1) is 5.92 Å². The molecular weight excluding hydrogens is 216 g/mol. The quantitative estimate of drug-likeness (QED) is 0.637. The summed E-state index contributed by atoms with van der Waals surface area (Å²) in [6.45, 7) is 3.19. The first-order valence-corrected chi connectivity index (χ1v) is 5.28. The van der Waals surface area contributed by atoms with Crippen LogP contribution in [0.1, 0.15) is 12.8 Å². The predicted molar refractivity (Wildman–Crippen MR) is 57.9 cm³/mol. The van der Waals surface area contributed by atoms with Crippen molar-refractivity contribution in [1.29, 1.82) is 0 Å². The van der Waals surface area contributed by atoms with Crippen LogP contribution in [0.25, 0.3) is 0 Å². The second-order valence-corrected chi connectivity index (χ2v) is 3.88. The van der Waals surface area contributed by atoms with Gasteiger partial charge in [0, 0.05) is 31.4 Å². The molecule has 0 amide bonds. The van der Waals surface area contributed by atoms with Gasteiger partial charge < -0.3 is 4.90 Å². The van der Waals surface area contributed by atoms with Crippen LogP contribution in [0.15, 0.2) is 0 Å². The van der Waals surface area contributed by atoms with Crippen LogP contribution in [0.2, 0.25) is 0 Å². The van der Waals surface area contributed by atoms with E-state index >= 15 is 0 Å². The fraction of sp³-hybridized carbons (Fsp3) is 1.00. The van der Waals surface area contributed by atoms with Gasteiger partial charge in [0.1, 0.15) is 0 Å². The molecule has 0 heterocycles. The Balaban J connectivity index is 0.00000121. The molecule has 0 aromatic heterocycles. The van der Waals surface area contributed by atoms with E-state index < -0.39 is 0 Å². The van der Waals surface area contributed by atoms with Crippen molar-refractivity contribution in [3.8, 4) is 0 Å². The molecule has 1 nitrogen and oxygen atoms in total. The molecule has 0 N–H and O–H groups in total. The maximum absolute atomic E-state index is 5.65. The molecule has 0 bridgehead atoms. The van der Waals surface area contributed by atoms with Crippen molar-refractivity contribution >= 4 is 35.6 Å². The first-order valence-electron chi connectivity index (χ1n) is 4.21. The number of nitrogens with zero attached hydrogens (tertiary/aromatic N) is 1. The second kappa shape index (κ2) is 7.25. The van der Waals surface area contributed by atoms with Crippen molar-refractivity contribution < 1.29 is 0 Å². The summed E-state index contributed by atoms with van der Waals surface area (Å²) in [6.07, 6.45) is 2.81. The molecule has 1 aliphatic rings. The van der Waals surface area contributed by atoms with E-state index in [1.165, 1.54) is 19.4 Å². The van der Waals surface area contributed by atoms with Crippen LogP contribution < -0.4 is 0 Å². The minimum Gasteiger partial charge on any atom is -0.301 e. The van der Waals surface area contributed by atoms with Crippen molar-refractivity contribution in [3.63, 3.8) is 0 Å². The van der Waals surface area contributed by atoms with E-state index in [0.29, 0.717) is 0 Å². The molecule has 74 valence electrons. The van der Waals surface area contributed by atoms with Crippen LogP contribution >= 0.6 is 35.6 Å². The normalized spacial score (nSPS) is 16.2. The zero-order chi connectivity index (χ0) is 8.10. The van der Waals surface area contributed by atoms with Gasteiger partial charge in [-0.3, -0.25) is 0 Å². The summed E-state index contributed by atoms with van der Waals surface area (Å²) in [5, 5.41) is 0. The summed E-state index contributed by atoms with van der Waals surface area (Å²) in [7, 11) is 0. The summed E-state index contributed by atoms with van der Waals surface area (Å²) in [5.74, 6) is 2.40. The highest BCUT2D eigenvalue weighted by molar-refractivity contribution is 6.18. The van der Waals surface area contributed by atoms with E-state index in [4.69, 9.17) is 23.2 Å². The third kappa shape index (κ3) is 5.47. The molecule has 0 radical (unpaired) electrons. The van der Waals surface area contributed by atoms with Gasteiger partial charge >= 0.3 is 0 Å². The number of hydrogen-bond donors (Lipinski definition) is 0. The smallest absolute Gasteiger partial charge is 0.0351 e. The van der Waals surface area contributed by atoms with E-state index in [1.807, 2.05) is 0 Å². The predicted octanol–water partition coefficient (Wildman–Crippen LogP) is 2.60. The van der Waals surface area contributed by atoms with Gasteiger partial charge in [-0.2, -0.15) is 0 Å². The fourth-order valence-electron chi connectivity index (χ4n) is 1.20. The van der Waals surface area contributed by atoms with Gasteiger partial charge in [0.05, 0.1) is 0 Å². The van der Waals surface area contributed by atoms with Gasteiger partial charge in [0.2, 0.25) is 0 Å². The molecule has 0 spiro atoms. The Morgan fingerprint density at radius 2 is 1.58 bits per heavy atom. The topological polar surface area (TPSA) is 3.24 Å². The molecule has 0 saturated heterocycles. The molecule has 12 heavy (non-hydrogen) atoms. The molecule has 0 aromatic rings. The second-order valence-electron chi connectivity index (χ2n) is 3.12. The Bertz CT molecular complexity index is 100. The summed E-state index contributed by atoms with van der Waals surface area (Å²) >= 11 is 11.3. The average molecular weight is 233 g/mol. The molecule has 1 fully saturated rings. The summed E-state index contributed by atoms with van der Waals surface area (Å²) < 4.78 is 0. The summed E-state index contributed by atoms with van der Waals surface area (Å²) in [6, 6.07) is 0. The molecular formula is C8H16Cl3N. The molecule has 1 saturated carbocycles. The number of alkyl halides is 2. The van der Waals surface area contributed by atoms with E-state index in [1.54, 1.807) is 0 Å². The molecule has 1 aliphatic carbocycles. The maximum Gasteiger partial charge on any atom is 0.0351 e. The summed E-state index contributed by atoms with van der Waals surface area (Å²) in [4.78, 5) is 2.36. The Labute approximate surface area is 90.8 Å². The van der Waals surface area contributed by atoms with E-state index in [-0.39, 0.29) is 12.4 Å². The van der Waals surface area contributed by atoms with Gasteiger partial charge in [-0.25, -0.2) is 0 Å². The van der Waals surface area contributed by atoms with Crippen LogP contribution in [-0.2, 0) is 0 Å². The Morgan fingerprint density at radius 1 is 1.08 bits per heavy atom. The molecule has 0 aliphatic heterocycles. The van der Waals surface area contributed by atoms with E-state index in [2.05, 4.69) is 4.90 Å². The van der Waals surface area contributed by atoms with Crippen molar-refractivity contribution in [1.82, 2.24) is 4.90 Å². The van der Waals surface area contributed by atoms with Crippen LogP contribution in [0.3, 0.4) is 0 Å². The number of rotatable bonds is 6. The lowest BCUT2D eigenvalue weighted by Gasteiger charge is -2.19. The lowest BCUT2D eigenvalue weighted by molar-refractivity contribution is 0.295. The molecule has 0 atom stereocenters. The first kappa shape index (κ1) is 12.8. The van der Waals surface area contributed by atoms with Gasteiger partial charge in [-0.05, 0) is 18.8 Å². The average Bonchev–Trinajstić information content (AvgIpc) is 2.73. The largest absolute Gasteiger partial charge is 0.301 e. The van der Waals surface area contributed by atoms with Crippen LogP contribution in [-0.4, -0.2) is 36.3 Å². The molecule has 1 rings (SSSR count). The Hall–Kier alpha value is 0.830. The third-order valence-corrected chi connectivity index (χ3v) is 2.35. The zero-order valence-electron chi connectivity index (χ0n) is 7.14. The summed E-state index contributed by atoms with van der Waals surface area (Å²) in [5.41, 5.74) is 0. The lowest BCUT2D eigenvalue weighted by Crippen LogP contribution is -2.29. The standard InChI is InChI=1S/C8H15Cl2N.ClH/c9-3-5-11(6-4-10)7-8-1-2-8;/h8H,1-7H2;1H. The van der Waals surface area contributed by atoms with Crippen molar-refractivity contribution in [3.05, 3.63) is 0 Å². The van der Waals surface area contributed by atoms with Gasteiger partial charge in [0.25, 0.3) is 0 Å². The molecule has 0 unspecified atom stereocenters. The lowest BCUT2D eigenvalue weighted by atomic mass is 10.3. The third-order valence-electron chi connectivity index (χ3n) is 2.01. The fourth-order valence-corrected chi connectivity index (χ4v) is 1.68. The monoisotopic (exact) mass is 231 g/mol. The van der Waals surface area contributed by atoms with Crippen molar-refractivity contribution in [2.24, 2.45) is 5.92 Å². The highest BCUT2D eigenvalue weighted by Crippen LogP contribution is 2.29. The minimum absolute atomic E-state index is 0. The van der Waals surface area contributed by atoms with Gasteiger partial charge in [0.15, 0.2) is 0 Å². The number of hydrogen-bond acceptors (Lipinski definition) is 1. The van der Waals surface area contributed by atoms with Crippen LogP contribution in [0.4, 0.5) is 0 Å². The molecule has 4 heteroatoms. The van der Waals surface area contributed by atoms with Crippen LogP contribution in [0.5, 0.6) is 0 Å². The van der Waals surface area contributed by atoms with E-state index in [0.717, 1.165) is 30.8 Å². The maximum atomic E-state index is 5.65. The van der Waals surface area contributed by atoms with E-state index in [9.17, 15) is 0 Å². The van der Waals surface area contributed by atoms with Crippen molar-refractivity contribution in [2.45, 2.75) is 12.8 Å².